The molecule has 0 aliphatic carbocycles. The fourth-order valence-corrected chi connectivity index (χ4v) is 4.60. The summed E-state index contributed by atoms with van der Waals surface area (Å²) in [6.07, 6.45) is 2.59. The molecule has 0 radical (unpaired) electrons. The van der Waals surface area contributed by atoms with Gasteiger partial charge in [-0.15, -0.1) is 0 Å². The van der Waals surface area contributed by atoms with E-state index in [1.807, 2.05) is 48.8 Å². The molecule has 3 aromatic heterocycles. The SMILES string of the molecule is COc1cc(Cl)c(-c2c(C)nn3c(N(CCN)CCc4ccccn4)cc(C)nc23)c(Cl)c1. The number of aromatic nitrogens is 4. The number of fused-ring (bicyclic) bond motifs is 1. The summed E-state index contributed by atoms with van der Waals surface area (Å²) in [4.78, 5) is 11.5. The Kier molecular flexibility index (Phi) is 7.02. The van der Waals surface area contributed by atoms with Gasteiger partial charge in [0.25, 0.3) is 0 Å². The highest BCUT2D eigenvalue weighted by Crippen LogP contribution is 2.41. The second kappa shape index (κ2) is 9.95. The van der Waals surface area contributed by atoms with Crippen molar-refractivity contribution in [2.75, 3.05) is 31.6 Å². The molecule has 0 unspecified atom stereocenters. The molecule has 33 heavy (non-hydrogen) atoms. The zero-order chi connectivity index (χ0) is 23.5. The van der Waals surface area contributed by atoms with Crippen LogP contribution in [0.3, 0.4) is 0 Å². The van der Waals surface area contributed by atoms with Gasteiger partial charge in [0, 0.05) is 55.3 Å². The second-order valence-electron chi connectivity index (χ2n) is 7.76. The fourth-order valence-electron chi connectivity index (χ4n) is 3.94. The maximum Gasteiger partial charge on any atom is 0.165 e. The highest BCUT2D eigenvalue weighted by Gasteiger charge is 2.23. The Labute approximate surface area is 203 Å². The Bertz CT molecular complexity index is 1250. The molecule has 1 aromatic carbocycles. The lowest BCUT2D eigenvalue weighted by Crippen LogP contribution is -2.33. The summed E-state index contributed by atoms with van der Waals surface area (Å²) in [6, 6.07) is 11.5. The first-order valence-electron chi connectivity index (χ1n) is 10.7. The lowest BCUT2D eigenvalue weighted by atomic mass is 10.1. The van der Waals surface area contributed by atoms with Crippen molar-refractivity contribution >= 4 is 34.7 Å². The predicted molar refractivity (Wildman–Crippen MR) is 134 cm³/mol. The number of aryl methyl sites for hydroxylation is 2. The molecule has 0 aliphatic heterocycles. The number of halogens is 2. The van der Waals surface area contributed by atoms with Crippen molar-refractivity contribution in [2.45, 2.75) is 20.3 Å². The van der Waals surface area contributed by atoms with Crippen LogP contribution in [0.2, 0.25) is 10.0 Å². The number of nitrogens with zero attached hydrogens (tertiary/aromatic N) is 5. The molecule has 172 valence electrons. The minimum Gasteiger partial charge on any atom is -0.497 e. The van der Waals surface area contributed by atoms with E-state index in [0.29, 0.717) is 40.1 Å². The van der Waals surface area contributed by atoms with Crippen LogP contribution < -0.4 is 15.4 Å². The standard InChI is InChI=1S/C24H26Cl2N6O/c1-15-12-21(31(11-8-27)10-7-17-6-4-5-9-28-17)32-24(29-15)22(16(2)30-32)23-19(25)13-18(33-3)14-20(23)26/h4-6,9,12-14H,7-8,10-11,27H2,1-3H3. The van der Waals surface area contributed by atoms with Crippen molar-refractivity contribution in [3.63, 3.8) is 0 Å². The molecule has 0 spiro atoms. The largest absolute Gasteiger partial charge is 0.497 e. The third-order valence-electron chi connectivity index (χ3n) is 5.46. The summed E-state index contributed by atoms with van der Waals surface area (Å²) >= 11 is 13.2. The van der Waals surface area contributed by atoms with E-state index in [-0.39, 0.29) is 0 Å². The Balaban J connectivity index is 1.83. The molecular formula is C24H26Cl2N6O. The molecule has 7 nitrogen and oxygen atoms in total. The smallest absolute Gasteiger partial charge is 0.165 e. The van der Waals surface area contributed by atoms with Crippen LogP contribution in [0.4, 0.5) is 5.82 Å². The molecule has 4 aromatic rings. The Morgan fingerprint density at radius 3 is 2.45 bits per heavy atom. The fraction of sp³-hybridized carbons (Fsp3) is 0.292. The average Bonchev–Trinajstić information content (AvgIpc) is 3.12. The minimum atomic E-state index is 0.483. The average molecular weight is 485 g/mol. The van der Waals surface area contributed by atoms with Gasteiger partial charge >= 0.3 is 0 Å². The van der Waals surface area contributed by atoms with E-state index in [1.54, 1.807) is 19.2 Å². The first kappa shape index (κ1) is 23.3. The number of benzene rings is 1. The monoisotopic (exact) mass is 484 g/mol. The van der Waals surface area contributed by atoms with Gasteiger partial charge in [-0.1, -0.05) is 29.3 Å². The van der Waals surface area contributed by atoms with Gasteiger partial charge in [0.15, 0.2) is 5.65 Å². The zero-order valence-electron chi connectivity index (χ0n) is 18.8. The number of anilines is 1. The van der Waals surface area contributed by atoms with Crippen molar-refractivity contribution in [2.24, 2.45) is 5.73 Å². The van der Waals surface area contributed by atoms with Crippen LogP contribution in [0.1, 0.15) is 17.1 Å². The second-order valence-corrected chi connectivity index (χ2v) is 8.58. The Morgan fingerprint density at radius 2 is 1.82 bits per heavy atom. The van der Waals surface area contributed by atoms with Crippen LogP contribution in [0.5, 0.6) is 5.75 Å². The van der Waals surface area contributed by atoms with E-state index in [1.165, 1.54) is 0 Å². The molecule has 4 rings (SSSR count). The first-order valence-corrected chi connectivity index (χ1v) is 11.4. The van der Waals surface area contributed by atoms with E-state index in [2.05, 4.69) is 9.88 Å². The molecule has 0 saturated heterocycles. The topological polar surface area (TPSA) is 81.6 Å². The zero-order valence-corrected chi connectivity index (χ0v) is 20.4. The predicted octanol–water partition coefficient (Wildman–Crippen LogP) is 4.73. The summed E-state index contributed by atoms with van der Waals surface area (Å²) < 4.78 is 7.15. The van der Waals surface area contributed by atoms with Gasteiger partial charge in [-0.2, -0.15) is 9.61 Å². The Hall–Kier alpha value is -2.87. The van der Waals surface area contributed by atoms with Crippen molar-refractivity contribution in [1.29, 1.82) is 0 Å². The quantitative estimate of drug-likeness (QED) is 0.389. The van der Waals surface area contributed by atoms with Crippen LogP contribution >= 0.6 is 23.2 Å². The van der Waals surface area contributed by atoms with Gasteiger partial charge in [0.2, 0.25) is 0 Å². The van der Waals surface area contributed by atoms with Crippen molar-refractivity contribution < 1.29 is 4.74 Å². The third-order valence-corrected chi connectivity index (χ3v) is 6.06. The van der Waals surface area contributed by atoms with Gasteiger partial charge in [-0.3, -0.25) is 4.98 Å². The van der Waals surface area contributed by atoms with Crippen molar-refractivity contribution in [1.82, 2.24) is 19.6 Å². The molecule has 0 aliphatic rings. The molecule has 0 bridgehead atoms. The van der Waals surface area contributed by atoms with E-state index in [4.69, 9.17) is 43.8 Å². The van der Waals surface area contributed by atoms with Crippen LogP contribution in [-0.4, -0.2) is 46.3 Å². The summed E-state index contributed by atoms with van der Waals surface area (Å²) in [5.74, 6) is 1.50. The molecule has 0 atom stereocenters. The van der Waals surface area contributed by atoms with Gasteiger partial charge in [0.05, 0.1) is 28.4 Å². The summed E-state index contributed by atoms with van der Waals surface area (Å²) in [7, 11) is 1.58. The van der Waals surface area contributed by atoms with Crippen LogP contribution in [0, 0.1) is 13.8 Å². The van der Waals surface area contributed by atoms with Gasteiger partial charge in [-0.25, -0.2) is 4.98 Å². The highest BCUT2D eigenvalue weighted by molar-refractivity contribution is 6.39. The number of hydrogen-bond acceptors (Lipinski definition) is 6. The van der Waals surface area contributed by atoms with Crippen molar-refractivity contribution in [3.05, 3.63) is 69.7 Å². The number of hydrogen-bond donors (Lipinski definition) is 1. The molecule has 9 heteroatoms. The van der Waals surface area contributed by atoms with Crippen LogP contribution in [0.25, 0.3) is 16.8 Å². The van der Waals surface area contributed by atoms with E-state index in [9.17, 15) is 0 Å². The van der Waals surface area contributed by atoms with Gasteiger partial charge < -0.3 is 15.4 Å². The van der Waals surface area contributed by atoms with Gasteiger partial charge in [0.1, 0.15) is 11.6 Å². The summed E-state index contributed by atoms with van der Waals surface area (Å²) in [6.45, 7) is 5.82. The molecule has 0 amide bonds. The molecule has 3 heterocycles. The lowest BCUT2D eigenvalue weighted by molar-refractivity contribution is 0.415. The highest BCUT2D eigenvalue weighted by atomic mass is 35.5. The number of methoxy groups -OCH3 is 1. The number of ether oxygens (including phenoxy) is 1. The molecule has 2 N–H and O–H groups in total. The summed E-state index contributed by atoms with van der Waals surface area (Å²) in [5.41, 5.74) is 10.8. The maximum atomic E-state index is 6.62. The molecule has 0 saturated carbocycles. The van der Waals surface area contributed by atoms with Crippen molar-refractivity contribution in [3.8, 4) is 16.9 Å². The maximum absolute atomic E-state index is 6.62. The number of pyridine rings is 1. The summed E-state index contributed by atoms with van der Waals surface area (Å²) in [5, 5.41) is 5.79. The first-order chi connectivity index (χ1) is 15.9. The Morgan fingerprint density at radius 1 is 1.06 bits per heavy atom. The van der Waals surface area contributed by atoms with E-state index < -0.39 is 0 Å². The minimum absolute atomic E-state index is 0.483. The van der Waals surface area contributed by atoms with E-state index >= 15 is 0 Å². The van der Waals surface area contributed by atoms with E-state index in [0.717, 1.165) is 41.4 Å². The van der Waals surface area contributed by atoms with Crippen LogP contribution in [-0.2, 0) is 6.42 Å². The van der Waals surface area contributed by atoms with Crippen LogP contribution in [0.15, 0.2) is 42.6 Å². The van der Waals surface area contributed by atoms with Gasteiger partial charge in [-0.05, 0) is 38.1 Å². The lowest BCUT2D eigenvalue weighted by Gasteiger charge is -2.25. The number of nitrogens with two attached hydrogens (primary N) is 1. The third kappa shape index (κ3) is 4.76. The molecular weight excluding hydrogens is 459 g/mol. The molecule has 0 fully saturated rings. The number of rotatable bonds is 8. The normalized spacial score (nSPS) is 11.2.